The predicted molar refractivity (Wildman–Crippen MR) is 95.6 cm³/mol. The van der Waals surface area contributed by atoms with Crippen molar-refractivity contribution in [2.24, 2.45) is 0 Å². The summed E-state index contributed by atoms with van der Waals surface area (Å²) < 4.78 is 13.2. The molecule has 0 amide bonds. The molecule has 0 fully saturated rings. The zero-order chi connectivity index (χ0) is 17.2. The standard InChI is InChI=1S/C18H13ClFN5/c19-13-5-16-12(9-21-17(16)22-10-13)4-11-7-23-18(24-8-11)25-15-3-1-2-14(20)6-15/h1-3,5-10H,4H2,(H,21,22)(H,23,24,25). The maximum atomic E-state index is 13.2. The van der Waals surface area contributed by atoms with Gasteiger partial charge in [-0.1, -0.05) is 17.7 Å². The number of hydrogen-bond donors (Lipinski definition) is 2. The Labute approximate surface area is 147 Å². The summed E-state index contributed by atoms with van der Waals surface area (Å²) in [7, 11) is 0. The molecule has 0 saturated carbocycles. The van der Waals surface area contributed by atoms with Crippen LogP contribution in [-0.2, 0) is 6.42 Å². The highest BCUT2D eigenvalue weighted by atomic mass is 35.5. The lowest BCUT2D eigenvalue weighted by Gasteiger charge is -2.05. The number of fused-ring (bicyclic) bond motifs is 1. The Morgan fingerprint density at radius 2 is 1.92 bits per heavy atom. The fraction of sp³-hybridized carbons (Fsp3) is 0.0556. The minimum Gasteiger partial charge on any atom is -0.346 e. The Balaban J connectivity index is 1.53. The summed E-state index contributed by atoms with van der Waals surface area (Å²) in [6.07, 6.45) is 7.66. The highest BCUT2D eigenvalue weighted by Crippen LogP contribution is 2.22. The molecule has 3 aromatic heterocycles. The number of benzene rings is 1. The molecule has 0 radical (unpaired) electrons. The van der Waals surface area contributed by atoms with E-state index in [0.717, 1.165) is 22.2 Å². The molecule has 7 heteroatoms. The lowest BCUT2D eigenvalue weighted by atomic mass is 10.1. The van der Waals surface area contributed by atoms with E-state index in [0.29, 0.717) is 23.1 Å². The molecule has 0 saturated heterocycles. The van der Waals surface area contributed by atoms with Gasteiger partial charge in [0.05, 0.1) is 5.02 Å². The van der Waals surface area contributed by atoms with Crippen LogP contribution in [0.3, 0.4) is 0 Å². The average Bonchev–Trinajstić information content (AvgIpc) is 2.99. The Morgan fingerprint density at radius 3 is 2.72 bits per heavy atom. The summed E-state index contributed by atoms with van der Waals surface area (Å²) in [5, 5.41) is 4.55. The molecule has 3 heterocycles. The summed E-state index contributed by atoms with van der Waals surface area (Å²) in [6.45, 7) is 0. The number of aromatic amines is 1. The van der Waals surface area contributed by atoms with Crippen LogP contribution in [-0.4, -0.2) is 19.9 Å². The number of anilines is 2. The van der Waals surface area contributed by atoms with Gasteiger partial charge in [-0.15, -0.1) is 0 Å². The number of hydrogen-bond acceptors (Lipinski definition) is 4. The number of halogens is 2. The van der Waals surface area contributed by atoms with Crippen LogP contribution in [0.4, 0.5) is 16.0 Å². The number of nitrogens with zero attached hydrogens (tertiary/aromatic N) is 3. The maximum absolute atomic E-state index is 13.2. The molecule has 5 nitrogen and oxygen atoms in total. The summed E-state index contributed by atoms with van der Waals surface area (Å²) in [4.78, 5) is 15.9. The Kier molecular flexibility index (Phi) is 4.03. The second kappa shape index (κ2) is 6.49. The quantitative estimate of drug-likeness (QED) is 0.567. The molecule has 124 valence electrons. The molecule has 0 aliphatic heterocycles. The van der Waals surface area contributed by atoms with E-state index in [1.165, 1.54) is 12.1 Å². The predicted octanol–water partition coefficient (Wildman–Crippen LogP) is 4.48. The van der Waals surface area contributed by atoms with Gasteiger partial charge in [0.25, 0.3) is 0 Å². The van der Waals surface area contributed by atoms with Crippen molar-refractivity contribution in [2.75, 3.05) is 5.32 Å². The number of nitrogens with one attached hydrogen (secondary N) is 2. The highest BCUT2D eigenvalue weighted by molar-refractivity contribution is 6.31. The normalized spacial score (nSPS) is 11.0. The third kappa shape index (κ3) is 3.44. The van der Waals surface area contributed by atoms with E-state index in [1.54, 1.807) is 30.7 Å². The van der Waals surface area contributed by atoms with E-state index in [9.17, 15) is 4.39 Å². The van der Waals surface area contributed by atoms with Crippen LogP contribution < -0.4 is 5.32 Å². The van der Waals surface area contributed by atoms with Crippen LogP contribution in [0.15, 0.2) is 55.1 Å². The van der Waals surface area contributed by atoms with E-state index < -0.39 is 0 Å². The summed E-state index contributed by atoms with van der Waals surface area (Å²) in [5.74, 6) is 0.103. The van der Waals surface area contributed by atoms with Gasteiger partial charge in [0.1, 0.15) is 11.5 Å². The van der Waals surface area contributed by atoms with Crippen molar-refractivity contribution in [3.63, 3.8) is 0 Å². The van der Waals surface area contributed by atoms with Crippen LogP contribution in [0.5, 0.6) is 0 Å². The Bertz CT molecular complexity index is 1030. The lowest BCUT2D eigenvalue weighted by Crippen LogP contribution is -1.98. The average molecular weight is 354 g/mol. The SMILES string of the molecule is Fc1cccc(Nc2ncc(Cc3c[nH]c4ncc(Cl)cc34)cn2)c1. The van der Waals surface area contributed by atoms with Gasteiger partial charge < -0.3 is 10.3 Å². The minimum absolute atomic E-state index is 0.312. The van der Waals surface area contributed by atoms with Crippen molar-refractivity contribution in [3.05, 3.63) is 77.1 Å². The number of pyridine rings is 1. The van der Waals surface area contributed by atoms with Crippen molar-refractivity contribution in [1.29, 1.82) is 0 Å². The first-order valence-electron chi connectivity index (χ1n) is 7.62. The first-order chi connectivity index (χ1) is 12.2. The molecule has 0 aliphatic rings. The van der Waals surface area contributed by atoms with Gasteiger partial charge in [0.15, 0.2) is 0 Å². The number of H-pyrrole nitrogens is 1. The fourth-order valence-corrected chi connectivity index (χ4v) is 2.76. The van der Waals surface area contributed by atoms with Crippen LogP contribution in [0.2, 0.25) is 5.02 Å². The van der Waals surface area contributed by atoms with E-state index in [1.807, 2.05) is 12.3 Å². The molecule has 0 aliphatic carbocycles. The van der Waals surface area contributed by atoms with E-state index in [4.69, 9.17) is 11.6 Å². The molecule has 0 unspecified atom stereocenters. The smallest absolute Gasteiger partial charge is 0.227 e. The third-order valence-corrected chi connectivity index (χ3v) is 3.97. The van der Waals surface area contributed by atoms with Gasteiger partial charge in [0.2, 0.25) is 5.95 Å². The van der Waals surface area contributed by atoms with Crippen LogP contribution in [0.25, 0.3) is 11.0 Å². The molecule has 0 spiro atoms. The summed E-state index contributed by atoms with van der Waals surface area (Å²) in [6, 6.07) is 8.04. The van der Waals surface area contributed by atoms with Crippen molar-refractivity contribution in [3.8, 4) is 0 Å². The van der Waals surface area contributed by atoms with Gasteiger partial charge in [0, 0.05) is 42.3 Å². The molecule has 4 aromatic rings. The zero-order valence-electron chi connectivity index (χ0n) is 13.0. The van der Waals surface area contributed by atoms with Crippen molar-refractivity contribution < 1.29 is 4.39 Å². The lowest BCUT2D eigenvalue weighted by molar-refractivity contribution is 0.628. The van der Waals surface area contributed by atoms with Gasteiger partial charge in [-0.25, -0.2) is 19.3 Å². The van der Waals surface area contributed by atoms with Crippen molar-refractivity contribution >= 4 is 34.3 Å². The summed E-state index contributed by atoms with van der Waals surface area (Å²) >= 11 is 6.02. The third-order valence-electron chi connectivity index (χ3n) is 3.76. The van der Waals surface area contributed by atoms with Gasteiger partial charge in [-0.2, -0.15) is 0 Å². The molecule has 4 rings (SSSR count). The Hall–Kier alpha value is -2.99. The molecule has 0 bridgehead atoms. The second-order valence-electron chi connectivity index (χ2n) is 5.59. The summed E-state index contributed by atoms with van der Waals surface area (Å²) in [5.41, 5.74) is 3.42. The topological polar surface area (TPSA) is 66.5 Å². The number of aromatic nitrogens is 4. The monoisotopic (exact) mass is 353 g/mol. The molecular formula is C18H13ClFN5. The second-order valence-corrected chi connectivity index (χ2v) is 6.03. The van der Waals surface area contributed by atoms with Gasteiger partial charge in [-0.3, -0.25) is 0 Å². The van der Waals surface area contributed by atoms with Crippen molar-refractivity contribution in [2.45, 2.75) is 6.42 Å². The van der Waals surface area contributed by atoms with E-state index in [2.05, 4.69) is 25.3 Å². The number of rotatable bonds is 4. The van der Waals surface area contributed by atoms with Gasteiger partial charge >= 0.3 is 0 Å². The molecule has 1 aromatic carbocycles. The Morgan fingerprint density at radius 1 is 1.08 bits per heavy atom. The van der Waals surface area contributed by atoms with Crippen LogP contribution in [0.1, 0.15) is 11.1 Å². The first kappa shape index (κ1) is 15.5. The molecule has 2 N–H and O–H groups in total. The van der Waals surface area contributed by atoms with Crippen molar-refractivity contribution in [1.82, 2.24) is 19.9 Å². The molecular weight excluding hydrogens is 341 g/mol. The van der Waals surface area contributed by atoms with Crippen LogP contribution >= 0.6 is 11.6 Å². The first-order valence-corrected chi connectivity index (χ1v) is 8.00. The largest absolute Gasteiger partial charge is 0.346 e. The maximum Gasteiger partial charge on any atom is 0.227 e. The minimum atomic E-state index is -0.312. The highest BCUT2D eigenvalue weighted by Gasteiger charge is 2.07. The molecule has 0 atom stereocenters. The van der Waals surface area contributed by atoms with E-state index in [-0.39, 0.29) is 5.82 Å². The van der Waals surface area contributed by atoms with E-state index >= 15 is 0 Å². The van der Waals surface area contributed by atoms with Crippen LogP contribution in [0, 0.1) is 5.82 Å². The zero-order valence-corrected chi connectivity index (χ0v) is 13.8. The van der Waals surface area contributed by atoms with Gasteiger partial charge in [-0.05, 0) is 35.4 Å². The molecule has 25 heavy (non-hydrogen) atoms. The fourth-order valence-electron chi connectivity index (χ4n) is 2.60.